The molecule has 1 nitrogen and oxygen atoms in total. The van der Waals surface area contributed by atoms with Crippen LogP contribution >= 0.6 is 11.6 Å². The summed E-state index contributed by atoms with van der Waals surface area (Å²) in [7, 11) is 1.90. The molecular weight excluding hydrogens is 213 g/mol. The smallest absolute Gasteiger partial charge is 0.128 e. The van der Waals surface area contributed by atoms with E-state index < -0.39 is 0 Å². The van der Waals surface area contributed by atoms with Gasteiger partial charge in [-0.3, -0.25) is 0 Å². The third-order valence-corrected chi connectivity index (χ3v) is 3.63. The van der Waals surface area contributed by atoms with E-state index in [9.17, 15) is 4.39 Å². The Bertz CT molecular complexity index is 340. The Hall–Kier alpha value is -0.600. The van der Waals surface area contributed by atoms with Crippen molar-refractivity contribution in [3.05, 3.63) is 34.6 Å². The van der Waals surface area contributed by atoms with Crippen molar-refractivity contribution in [3.8, 4) is 0 Å². The van der Waals surface area contributed by atoms with Gasteiger partial charge in [-0.2, -0.15) is 0 Å². The van der Waals surface area contributed by atoms with Gasteiger partial charge in [0.25, 0.3) is 0 Å². The monoisotopic (exact) mass is 227 g/mol. The molecule has 1 saturated carbocycles. The minimum atomic E-state index is -0.169. The summed E-state index contributed by atoms with van der Waals surface area (Å²) in [5, 5.41) is 3.70. The molecule has 0 aliphatic heterocycles. The second-order valence-corrected chi connectivity index (χ2v) is 4.67. The van der Waals surface area contributed by atoms with Crippen molar-refractivity contribution in [1.82, 2.24) is 5.32 Å². The highest BCUT2D eigenvalue weighted by Gasteiger charge is 2.41. The fourth-order valence-corrected chi connectivity index (χ4v) is 2.83. The third-order valence-electron chi connectivity index (χ3n) is 3.32. The van der Waals surface area contributed by atoms with Gasteiger partial charge >= 0.3 is 0 Å². The molecule has 1 aromatic rings. The molecule has 0 bridgehead atoms. The lowest BCUT2D eigenvalue weighted by atomic mass is 9.64. The van der Waals surface area contributed by atoms with Crippen LogP contribution in [0.2, 0.25) is 5.02 Å². The first-order valence-corrected chi connectivity index (χ1v) is 5.66. The van der Waals surface area contributed by atoms with E-state index in [0.29, 0.717) is 10.6 Å². The number of benzene rings is 1. The van der Waals surface area contributed by atoms with E-state index in [-0.39, 0.29) is 11.2 Å². The number of halogens is 2. The number of hydrogen-bond acceptors (Lipinski definition) is 1. The Morgan fingerprint density at radius 2 is 2.20 bits per heavy atom. The van der Waals surface area contributed by atoms with Gasteiger partial charge in [-0.05, 0) is 32.0 Å². The van der Waals surface area contributed by atoms with Crippen LogP contribution in [0.1, 0.15) is 24.8 Å². The van der Waals surface area contributed by atoms with Crippen LogP contribution < -0.4 is 5.32 Å². The van der Waals surface area contributed by atoms with Crippen LogP contribution in [0.4, 0.5) is 4.39 Å². The average molecular weight is 228 g/mol. The van der Waals surface area contributed by atoms with Crippen molar-refractivity contribution in [2.24, 2.45) is 0 Å². The predicted molar refractivity (Wildman–Crippen MR) is 60.9 cm³/mol. The molecule has 15 heavy (non-hydrogen) atoms. The van der Waals surface area contributed by atoms with Crippen molar-refractivity contribution in [2.75, 3.05) is 13.6 Å². The Balaban J connectivity index is 2.42. The highest BCUT2D eigenvalue weighted by atomic mass is 35.5. The van der Waals surface area contributed by atoms with Crippen LogP contribution in [0.5, 0.6) is 0 Å². The highest BCUT2D eigenvalue weighted by molar-refractivity contribution is 6.31. The molecule has 0 saturated heterocycles. The molecule has 1 aliphatic carbocycles. The fourth-order valence-electron chi connectivity index (χ4n) is 2.46. The first-order chi connectivity index (χ1) is 7.19. The molecule has 3 heteroatoms. The third kappa shape index (κ3) is 1.77. The van der Waals surface area contributed by atoms with Gasteiger partial charge in [-0.15, -0.1) is 0 Å². The molecular formula is C12H15ClFN. The normalized spacial score (nSPS) is 18.6. The van der Waals surface area contributed by atoms with E-state index in [1.165, 1.54) is 6.07 Å². The van der Waals surface area contributed by atoms with Gasteiger partial charge in [0.1, 0.15) is 5.82 Å². The lowest BCUT2D eigenvalue weighted by Crippen LogP contribution is -2.43. The molecule has 0 aromatic heterocycles. The summed E-state index contributed by atoms with van der Waals surface area (Å²) in [5.41, 5.74) is 0.629. The van der Waals surface area contributed by atoms with Crippen molar-refractivity contribution in [3.63, 3.8) is 0 Å². The molecule has 0 heterocycles. The number of likely N-dealkylation sites (N-methyl/N-ethyl adjacent to an activating group) is 1. The van der Waals surface area contributed by atoms with E-state index in [0.717, 1.165) is 25.8 Å². The van der Waals surface area contributed by atoms with E-state index in [1.807, 2.05) is 7.05 Å². The standard InChI is InChI=1S/C12H15ClFN/c1-15-8-12(6-3-7-12)11-9(13)4-2-5-10(11)14/h2,4-5,15H,3,6-8H2,1H3. The Morgan fingerprint density at radius 1 is 1.47 bits per heavy atom. The second kappa shape index (κ2) is 4.11. The molecule has 1 fully saturated rings. The minimum absolute atomic E-state index is 0.0722. The van der Waals surface area contributed by atoms with Gasteiger partial charge in [0.2, 0.25) is 0 Å². The first kappa shape index (κ1) is 10.9. The van der Waals surface area contributed by atoms with Crippen LogP contribution in [0.3, 0.4) is 0 Å². The maximum atomic E-state index is 13.8. The molecule has 0 radical (unpaired) electrons. The number of nitrogens with one attached hydrogen (secondary N) is 1. The minimum Gasteiger partial charge on any atom is -0.319 e. The van der Waals surface area contributed by atoms with Crippen LogP contribution in [0, 0.1) is 5.82 Å². The summed E-state index contributed by atoms with van der Waals surface area (Å²) < 4.78 is 13.8. The van der Waals surface area contributed by atoms with Gasteiger partial charge in [0.05, 0.1) is 0 Å². The molecule has 1 aliphatic rings. The zero-order chi connectivity index (χ0) is 10.9. The summed E-state index contributed by atoms with van der Waals surface area (Å²) in [4.78, 5) is 0. The Labute approximate surface area is 94.6 Å². The maximum Gasteiger partial charge on any atom is 0.128 e. The van der Waals surface area contributed by atoms with Gasteiger partial charge in [-0.25, -0.2) is 4.39 Å². The second-order valence-electron chi connectivity index (χ2n) is 4.26. The zero-order valence-electron chi connectivity index (χ0n) is 8.82. The fraction of sp³-hybridized carbons (Fsp3) is 0.500. The van der Waals surface area contributed by atoms with Crippen molar-refractivity contribution < 1.29 is 4.39 Å². The quantitative estimate of drug-likeness (QED) is 0.837. The van der Waals surface area contributed by atoms with Gasteiger partial charge in [0.15, 0.2) is 0 Å². The molecule has 0 atom stereocenters. The summed E-state index contributed by atoms with van der Waals surface area (Å²) in [6.45, 7) is 0.799. The maximum absolute atomic E-state index is 13.8. The Kier molecular flexibility index (Phi) is 2.98. The zero-order valence-corrected chi connectivity index (χ0v) is 9.57. The van der Waals surface area contributed by atoms with Crippen LogP contribution in [-0.2, 0) is 5.41 Å². The number of hydrogen-bond donors (Lipinski definition) is 1. The molecule has 0 amide bonds. The number of rotatable bonds is 3. The van der Waals surface area contributed by atoms with Crippen LogP contribution in [0.15, 0.2) is 18.2 Å². The van der Waals surface area contributed by atoms with Gasteiger partial charge in [-0.1, -0.05) is 24.1 Å². The molecule has 1 aromatic carbocycles. The van der Waals surface area contributed by atoms with Crippen LogP contribution in [-0.4, -0.2) is 13.6 Å². The lowest BCUT2D eigenvalue weighted by Gasteiger charge is -2.43. The lowest BCUT2D eigenvalue weighted by molar-refractivity contribution is 0.231. The molecule has 0 spiro atoms. The highest BCUT2D eigenvalue weighted by Crippen LogP contribution is 2.46. The van der Waals surface area contributed by atoms with E-state index in [4.69, 9.17) is 11.6 Å². The van der Waals surface area contributed by atoms with Crippen LogP contribution in [0.25, 0.3) is 0 Å². The van der Waals surface area contributed by atoms with Crippen molar-refractivity contribution in [2.45, 2.75) is 24.7 Å². The van der Waals surface area contributed by atoms with Crippen molar-refractivity contribution in [1.29, 1.82) is 0 Å². The molecule has 0 unspecified atom stereocenters. The van der Waals surface area contributed by atoms with E-state index in [1.54, 1.807) is 12.1 Å². The summed E-state index contributed by atoms with van der Waals surface area (Å²) in [5.74, 6) is -0.169. The molecule has 1 N–H and O–H groups in total. The largest absolute Gasteiger partial charge is 0.319 e. The summed E-state index contributed by atoms with van der Waals surface area (Å²) >= 11 is 6.09. The predicted octanol–water partition coefficient (Wildman–Crippen LogP) is 3.12. The SMILES string of the molecule is CNCC1(c2c(F)cccc2Cl)CCC1. The van der Waals surface area contributed by atoms with E-state index in [2.05, 4.69) is 5.32 Å². The first-order valence-electron chi connectivity index (χ1n) is 5.29. The summed E-state index contributed by atoms with van der Waals surface area (Å²) in [6, 6.07) is 4.93. The average Bonchev–Trinajstić information content (AvgIpc) is 2.13. The molecule has 82 valence electrons. The Morgan fingerprint density at radius 3 is 2.67 bits per heavy atom. The van der Waals surface area contributed by atoms with Gasteiger partial charge in [0, 0.05) is 22.5 Å². The molecule has 2 rings (SSSR count). The topological polar surface area (TPSA) is 12.0 Å². The van der Waals surface area contributed by atoms with Gasteiger partial charge < -0.3 is 5.32 Å². The van der Waals surface area contributed by atoms with Crippen molar-refractivity contribution >= 4 is 11.6 Å². The summed E-state index contributed by atoms with van der Waals surface area (Å²) in [6.07, 6.45) is 3.20. The van der Waals surface area contributed by atoms with E-state index >= 15 is 0 Å².